The van der Waals surface area contributed by atoms with Gasteiger partial charge in [0, 0.05) is 14.1 Å². The van der Waals surface area contributed by atoms with Crippen LogP contribution in [0.25, 0.3) is 0 Å². The topological polar surface area (TPSA) is 89.0 Å². The first-order valence-electron chi connectivity index (χ1n) is 4.17. The summed E-state index contributed by atoms with van der Waals surface area (Å²) in [6, 6.07) is 3.55. The number of nitrogens with zero attached hydrogens (tertiary/aromatic N) is 6. The molecule has 0 atom stereocenters. The van der Waals surface area contributed by atoms with E-state index < -0.39 is 0 Å². The lowest BCUT2D eigenvalue weighted by atomic mass is 10.4. The maximum Gasteiger partial charge on any atom is 0.192 e. The van der Waals surface area contributed by atoms with Gasteiger partial charge in [-0.2, -0.15) is 10.5 Å². The average Bonchev–Trinajstić information content (AvgIpc) is 2.26. The van der Waals surface area contributed by atoms with Crippen LogP contribution in [0.1, 0.15) is 11.4 Å². The molecule has 0 spiro atoms. The van der Waals surface area contributed by atoms with E-state index in [1.807, 2.05) is 0 Å². The summed E-state index contributed by atoms with van der Waals surface area (Å²) in [5.74, 6) is 0.0974. The van der Waals surface area contributed by atoms with E-state index >= 15 is 0 Å². The molecule has 0 aromatic carbocycles. The molecule has 0 aliphatic heterocycles. The SMILES string of the molecule is CN(C)/C=N/c1nc(Cl)c(C#N)nc1C#N. The molecule has 7 heteroatoms. The largest absolute Gasteiger partial charge is 0.369 e. The molecule has 80 valence electrons. The van der Waals surface area contributed by atoms with Crippen molar-refractivity contribution in [3.05, 3.63) is 16.5 Å². The lowest BCUT2D eigenvalue weighted by Gasteiger charge is -2.03. The van der Waals surface area contributed by atoms with E-state index in [2.05, 4.69) is 15.0 Å². The summed E-state index contributed by atoms with van der Waals surface area (Å²) in [6.07, 6.45) is 1.47. The van der Waals surface area contributed by atoms with Gasteiger partial charge < -0.3 is 4.90 Å². The van der Waals surface area contributed by atoms with Crippen LogP contribution in [0.5, 0.6) is 0 Å². The lowest BCUT2D eigenvalue weighted by Crippen LogP contribution is -2.07. The zero-order valence-electron chi connectivity index (χ0n) is 8.64. The molecule has 0 amide bonds. The maximum atomic E-state index is 8.80. The van der Waals surface area contributed by atoms with Crippen molar-refractivity contribution < 1.29 is 0 Å². The van der Waals surface area contributed by atoms with E-state index in [0.717, 1.165) is 0 Å². The minimum Gasteiger partial charge on any atom is -0.369 e. The minimum absolute atomic E-state index is 0.0287. The molecule has 0 radical (unpaired) electrons. The number of rotatable bonds is 2. The predicted octanol–water partition coefficient (Wildman–Crippen LogP) is 1.09. The number of halogens is 1. The summed E-state index contributed by atoms with van der Waals surface area (Å²) < 4.78 is 0. The number of hydrogen-bond donors (Lipinski definition) is 0. The molecular formula is C9H7ClN6. The van der Waals surface area contributed by atoms with Crippen LogP contribution in [-0.2, 0) is 0 Å². The van der Waals surface area contributed by atoms with E-state index in [4.69, 9.17) is 22.1 Å². The Morgan fingerprint density at radius 2 is 1.88 bits per heavy atom. The van der Waals surface area contributed by atoms with Crippen LogP contribution in [0.4, 0.5) is 5.82 Å². The van der Waals surface area contributed by atoms with Crippen LogP contribution in [-0.4, -0.2) is 35.3 Å². The minimum atomic E-state index is -0.0815. The number of aliphatic imine (C=N–C) groups is 1. The van der Waals surface area contributed by atoms with Gasteiger partial charge in [0.1, 0.15) is 12.1 Å². The first-order valence-corrected chi connectivity index (χ1v) is 4.54. The van der Waals surface area contributed by atoms with E-state index in [9.17, 15) is 0 Å². The normalized spacial score (nSPS) is 9.81. The predicted molar refractivity (Wildman–Crippen MR) is 58.3 cm³/mol. The molecule has 0 unspecified atom stereocenters. The van der Waals surface area contributed by atoms with Gasteiger partial charge in [-0.05, 0) is 0 Å². The summed E-state index contributed by atoms with van der Waals surface area (Å²) in [4.78, 5) is 13.2. The Hall–Kier alpha value is -2.18. The molecule has 0 bridgehead atoms. The molecule has 16 heavy (non-hydrogen) atoms. The van der Waals surface area contributed by atoms with E-state index in [1.54, 1.807) is 31.1 Å². The Kier molecular flexibility index (Phi) is 3.76. The van der Waals surface area contributed by atoms with E-state index in [0.29, 0.717) is 0 Å². The van der Waals surface area contributed by atoms with Gasteiger partial charge >= 0.3 is 0 Å². The quantitative estimate of drug-likeness (QED) is 0.565. The van der Waals surface area contributed by atoms with Crippen molar-refractivity contribution in [1.82, 2.24) is 14.9 Å². The standard InChI is InChI=1S/C9H7ClN6/c1-16(2)5-13-9-7(4-12)14-6(3-11)8(10)15-9/h5H,1-2H3/b13-5+. The van der Waals surface area contributed by atoms with Crippen molar-refractivity contribution in [1.29, 1.82) is 10.5 Å². The third-order valence-electron chi connectivity index (χ3n) is 1.46. The number of hydrogen-bond acceptors (Lipinski definition) is 5. The molecule has 1 aromatic heterocycles. The Bertz CT molecular complexity index is 508. The van der Waals surface area contributed by atoms with Gasteiger partial charge in [0.05, 0.1) is 6.34 Å². The van der Waals surface area contributed by atoms with Gasteiger partial charge in [-0.1, -0.05) is 11.6 Å². The van der Waals surface area contributed by atoms with Gasteiger partial charge in [-0.15, -0.1) is 0 Å². The second-order valence-corrected chi connectivity index (χ2v) is 3.33. The van der Waals surface area contributed by atoms with Gasteiger partial charge in [-0.25, -0.2) is 15.0 Å². The fourth-order valence-electron chi connectivity index (χ4n) is 0.813. The molecule has 0 fully saturated rings. The van der Waals surface area contributed by atoms with Crippen molar-refractivity contribution in [3.63, 3.8) is 0 Å². The van der Waals surface area contributed by atoms with Crippen molar-refractivity contribution in [3.8, 4) is 12.1 Å². The number of aromatic nitrogens is 2. The van der Waals surface area contributed by atoms with Crippen LogP contribution in [0, 0.1) is 22.7 Å². The monoisotopic (exact) mass is 234 g/mol. The van der Waals surface area contributed by atoms with Crippen LogP contribution >= 0.6 is 11.6 Å². The molecule has 6 nitrogen and oxygen atoms in total. The van der Waals surface area contributed by atoms with Crippen molar-refractivity contribution >= 4 is 23.8 Å². The van der Waals surface area contributed by atoms with Gasteiger partial charge in [-0.3, -0.25) is 0 Å². The Morgan fingerprint density at radius 1 is 1.25 bits per heavy atom. The molecule has 0 saturated carbocycles. The van der Waals surface area contributed by atoms with E-state index in [1.165, 1.54) is 6.34 Å². The van der Waals surface area contributed by atoms with E-state index in [-0.39, 0.29) is 22.4 Å². The van der Waals surface area contributed by atoms with Gasteiger partial charge in [0.2, 0.25) is 0 Å². The highest BCUT2D eigenvalue weighted by atomic mass is 35.5. The highest BCUT2D eigenvalue weighted by Gasteiger charge is 2.10. The zero-order valence-corrected chi connectivity index (χ0v) is 9.39. The van der Waals surface area contributed by atoms with Crippen molar-refractivity contribution in [2.24, 2.45) is 4.99 Å². The summed E-state index contributed by atoms with van der Waals surface area (Å²) in [7, 11) is 3.54. The summed E-state index contributed by atoms with van der Waals surface area (Å²) in [5, 5.41) is 17.4. The average molecular weight is 235 g/mol. The van der Waals surface area contributed by atoms with Crippen molar-refractivity contribution in [2.45, 2.75) is 0 Å². The summed E-state index contributed by atoms with van der Waals surface area (Å²) in [6.45, 7) is 0. The highest BCUT2D eigenvalue weighted by molar-refractivity contribution is 6.30. The lowest BCUT2D eigenvalue weighted by molar-refractivity contribution is 0.643. The first kappa shape index (κ1) is 11.9. The molecule has 0 aliphatic carbocycles. The third-order valence-corrected chi connectivity index (χ3v) is 1.72. The zero-order chi connectivity index (χ0) is 12.1. The maximum absolute atomic E-state index is 8.80. The summed E-state index contributed by atoms with van der Waals surface area (Å²) >= 11 is 5.68. The third kappa shape index (κ3) is 2.66. The van der Waals surface area contributed by atoms with Crippen molar-refractivity contribution in [2.75, 3.05) is 14.1 Å². The van der Waals surface area contributed by atoms with Gasteiger partial charge in [0.15, 0.2) is 22.4 Å². The molecule has 1 heterocycles. The highest BCUT2D eigenvalue weighted by Crippen LogP contribution is 2.18. The fourth-order valence-corrected chi connectivity index (χ4v) is 0.978. The van der Waals surface area contributed by atoms with Crippen LogP contribution < -0.4 is 0 Å². The molecule has 1 aromatic rings. The summed E-state index contributed by atoms with van der Waals surface area (Å²) in [5.41, 5.74) is -0.110. The Labute approximate surface area is 97.4 Å². The molecule has 0 saturated heterocycles. The van der Waals surface area contributed by atoms with Crippen LogP contribution in [0.15, 0.2) is 4.99 Å². The van der Waals surface area contributed by atoms with Gasteiger partial charge in [0.25, 0.3) is 0 Å². The Balaban J connectivity index is 3.26. The second-order valence-electron chi connectivity index (χ2n) is 2.97. The van der Waals surface area contributed by atoms with Crippen LogP contribution in [0.3, 0.4) is 0 Å². The molecular weight excluding hydrogens is 228 g/mol. The Morgan fingerprint density at radius 3 is 2.38 bits per heavy atom. The molecule has 1 rings (SSSR count). The molecule has 0 N–H and O–H groups in total. The number of nitriles is 2. The smallest absolute Gasteiger partial charge is 0.192 e. The molecule has 0 aliphatic rings. The fraction of sp³-hybridized carbons (Fsp3) is 0.222. The second kappa shape index (κ2) is 5.06. The first-order chi connectivity index (χ1) is 7.58. The van der Waals surface area contributed by atoms with Crippen LogP contribution in [0.2, 0.25) is 5.15 Å².